The van der Waals surface area contributed by atoms with Crippen LogP contribution in [0.25, 0.3) is 11.4 Å². The number of hydrogen-bond donors (Lipinski definition) is 2. The smallest absolute Gasteiger partial charge is 0.181 e. The molecule has 1 atom stereocenters. The van der Waals surface area contributed by atoms with E-state index in [9.17, 15) is 0 Å². The molecule has 0 saturated heterocycles. The largest absolute Gasteiger partial charge is 0.493 e. The Morgan fingerprint density at radius 1 is 0.867 bits per heavy atom. The zero-order valence-corrected chi connectivity index (χ0v) is 17.8. The molecule has 0 unspecified atom stereocenters. The molecular formula is C22H28N4O4. The first kappa shape index (κ1) is 21.4. The van der Waals surface area contributed by atoms with Gasteiger partial charge >= 0.3 is 0 Å². The van der Waals surface area contributed by atoms with Crippen LogP contribution in [0, 0.1) is 0 Å². The molecule has 3 aromatic rings. The summed E-state index contributed by atoms with van der Waals surface area (Å²) in [5.74, 6) is 3.72. The second kappa shape index (κ2) is 9.98. The van der Waals surface area contributed by atoms with Gasteiger partial charge in [0.15, 0.2) is 28.8 Å². The van der Waals surface area contributed by atoms with Gasteiger partial charge in [-0.05, 0) is 56.7 Å². The quantitative estimate of drug-likeness (QED) is 0.523. The fraction of sp³-hybridized carbons (Fsp3) is 0.364. The van der Waals surface area contributed by atoms with Crippen LogP contribution in [0.2, 0.25) is 0 Å². The van der Waals surface area contributed by atoms with Crippen LogP contribution in [0.5, 0.6) is 23.0 Å². The maximum atomic E-state index is 6.44. The predicted octanol–water partition coefficient (Wildman–Crippen LogP) is 3.72. The zero-order chi connectivity index (χ0) is 21.5. The summed E-state index contributed by atoms with van der Waals surface area (Å²) < 4.78 is 22.3. The maximum absolute atomic E-state index is 6.44. The number of aromatic amines is 1. The topological polar surface area (TPSA) is 105 Å². The van der Waals surface area contributed by atoms with Gasteiger partial charge in [0.05, 0.1) is 33.0 Å². The van der Waals surface area contributed by atoms with Crippen molar-refractivity contribution in [2.75, 3.05) is 26.9 Å². The Balaban J connectivity index is 1.86. The highest BCUT2D eigenvalue weighted by Gasteiger charge is 2.18. The second-order valence-corrected chi connectivity index (χ2v) is 6.39. The van der Waals surface area contributed by atoms with Crippen molar-refractivity contribution in [3.63, 3.8) is 0 Å². The molecule has 3 N–H and O–H groups in total. The number of aromatic nitrogens is 3. The van der Waals surface area contributed by atoms with Crippen LogP contribution in [0.15, 0.2) is 36.4 Å². The second-order valence-electron chi connectivity index (χ2n) is 6.39. The third-order valence-electron chi connectivity index (χ3n) is 4.45. The van der Waals surface area contributed by atoms with Gasteiger partial charge in [-0.3, -0.25) is 5.10 Å². The Kier molecular flexibility index (Phi) is 7.13. The molecule has 0 bridgehead atoms. The van der Waals surface area contributed by atoms with Crippen molar-refractivity contribution in [1.82, 2.24) is 15.2 Å². The number of benzene rings is 2. The highest BCUT2D eigenvalue weighted by molar-refractivity contribution is 5.61. The summed E-state index contributed by atoms with van der Waals surface area (Å²) in [4.78, 5) is 4.58. The summed E-state index contributed by atoms with van der Waals surface area (Å²) in [6.45, 7) is 7.43. The van der Waals surface area contributed by atoms with Gasteiger partial charge in [0.2, 0.25) is 0 Å². The van der Waals surface area contributed by atoms with Crippen molar-refractivity contribution in [3.8, 4) is 34.4 Å². The third-order valence-corrected chi connectivity index (χ3v) is 4.45. The van der Waals surface area contributed by atoms with Crippen LogP contribution in [0.1, 0.15) is 38.2 Å². The number of methoxy groups -OCH3 is 1. The molecule has 8 nitrogen and oxygen atoms in total. The molecular weight excluding hydrogens is 384 g/mol. The first-order chi connectivity index (χ1) is 14.6. The average Bonchev–Trinajstić information content (AvgIpc) is 3.25. The van der Waals surface area contributed by atoms with E-state index in [0.29, 0.717) is 54.5 Å². The van der Waals surface area contributed by atoms with E-state index in [0.717, 1.165) is 11.1 Å². The summed E-state index contributed by atoms with van der Waals surface area (Å²) in [7, 11) is 1.60. The van der Waals surface area contributed by atoms with Crippen LogP contribution in [-0.2, 0) is 0 Å². The molecule has 0 saturated carbocycles. The summed E-state index contributed by atoms with van der Waals surface area (Å²) >= 11 is 0. The van der Waals surface area contributed by atoms with Gasteiger partial charge in [0.1, 0.15) is 5.82 Å². The molecule has 0 radical (unpaired) electrons. The van der Waals surface area contributed by atoms with E-state index < -0.39 is 6.04 Å². The van der Waals surface area contributed by atoms with Crippen molar-refractivity contribution in [1.29, 1.82) is 0 Å². The van der Waals surface area contributed by atoms with Gasteiger partial charge in [-0.15, -0.1) is 0 Å². The summed E-state index contributed by atoms with van der Waals surface area (Å²) in [5.41, 5.74) is 8.08. The van der Waals surface area contributed by atoms with E-state index >= 15 is 0 Å². The van der Waals surface area contributed by atoms with Crippen LogP contribution in [-0.4, -0.2) is 42.1 Å². The van der Waals surface area contributed by atoms with Gasteiger partial charge in [-0.2, -0.15) is 5.10 Å². The average molecular weight is 412 g/mol. The lowest BCUT2D eigenvalue weighted by molar-refractivity contribution is 0.287. The Bertz CT molecular complexity index is 974. The maximum Gasteiger partial charge on any atom is 0.181 e. The molecule has 30 heavy (non-hydrogen) atoms. The normalized spacial score (nSPS) is 11.8. The van der Waals surface area contributed by atoms with Crippen molar-refractivity contribution >= 4 is 0 Å². The van der Waals surface area contributed by atoms with Crippen LogP contribution >= 0.6 is 0 Å². The number of rotatable bonds is 10. The van der Waals surface area contributed by atoms with E-state index in [-0.39, 0.29) is 0 Å². The number of ether oxygens (including phenoxy) is 4. The van der Waals surface area contributed by atoms with E-state index in [1.165, 1.54) is 0 Å². The third kappa shape index (κ3) is 4.65. The Morgan fingerprint density at radius 3 is 2.17 bits per heavy atom. The molecule has 8 heteroatoms. The van der Waals surface area contributed by atoms with Gasteiger partial charge in [0.25, 0.3) is 0 Å². The van der Waals surface area contributed by atoms with E-state index in [1.807, 2.05) is 57.2 Å². The van der Waals surface area contributed by atoms with Gasteiger partial charge < -0.3 is 24.7 Å². The highest BCUT2D eigenvalue weighted by atomic mass is 16.5. The first-order valence-electron chi connectivity index (χ1n) is 9.99. The minimum absolute atomic E-state index is 0.495. The predicted molar refractivity (Wildman–Crippen MR) is 114 cm³/mol. The molecule has 0 aliphatic carbocycles. The number of H-pyrrole nitrogens is 1. The van der Waals surface area contributed by atoms with Crippen molar-refractivity contribution in [2.24, 2.45) is 5.73 Å². The van der Waals surface area contributed by atoms with E-state index in [4.69, 9.17) is 24.7 Å². The monoisotopic (exact) mass is 412 g/mol. The zero-order valence-electron chi connectivity index (χ0n) is 17.8. The first-order valence-corrected chi connectivity index (χ1v) is 9.99. The lowest BCUT2D eigenvalue weighted by Gasteiger charge is -2.15. The molecule has 0 aliphatic heterocycles. The lowest BCUT2D eigenvalue weighted by atomic mass is 10.1. The molecule has 1 aromatic heterocycles. The SMILES string of the molecule is CCOc1ccc(-c2n[nH]c([C@@H](N)c3ccc(OCC)c(OCC)c3)n2)cc1OC. The van der Waals surface area contributed by atoms with Crippen molar-refractivity contribution in [2.45, 2.75) is 26.8 Å². The number of hydrogen-bond acceptors (Lipinski definition) is 7. The van der Waals surface area contributed by atoms with Crippen LogP contribution < -0.4 is 24.7 Å². The molecule has 3 rings (SSSR count). The molecule has 0 amide bonds. The standard InChI is InChI=1S/C22H28N4O4/c1-5-28-16-11-9-15(13-18(16)27-4)21-24-22(26-25-21)20(23)14-8-10-17(29-6-2)19(12-14)30-7-3/h8-13,20H,5-7,23H2,1-4H3,(H,24,25,26)/t20-/m0/s1. The van der Waals surface area contributed by atoms with E-state index in [1.54, 1.807) is 7.11 Å². The van der Waals surface area contributed by atoms with Gasteiger partial charge in [-0.25, -0.2) is 4.98 Å². The van der Waals surface area contributed by atoms with Crippen molar-refractivity contribution < 1.29 is 18.9 Å². The Labute approximate surface area is 176 Å². The van der Waals surface area contributed by atoms with Gasteiger partial charge in [-0.1, -0.05) is 6.07 Å². The minimum Gasteiger partial charge on any atom is -0.493 e. The Morgan fingerprint density at radius 2 is 1.50 bits per heavy atom. The number of nitrogens with zero attached hydrogens (tertiary/aromatic N) is 2. The fourth-order valence-electron chi connectivity index (χ4n) is 3.04. The molecule has 0 fully saturated rings. The lowest BCUT2D eigenvalue weighted by Crippen LogP contribution is -2.14. The summed E-state index contributed by atoms with van der Waals surface area (Å²) in [5, 5.41) is 7.26. The van der Waals surface area contributed by atoms with E-state index in [2.05, 4.69) is 15.2 Å². The van der Waals surface area contributed by atoms with Crippen molar-refractivity contribution in [3.05, 3.63) is 47.8 Å². The minimum atomic E-state index is -0.495. The molecule has 2 aromatic carbocycles. The Hall–Kier alpha value is -3.26. The number of nitrogens with two attached hydrogens (primary N) is 1. The van der Waals surface area contributed by atoms with Crippen LogP contribution in [0.4, 0.5) is 0 Å². The number of nitrogens with one attached hydrogen (secondary N) is 1. The summed E-state index contributed by atoms with van der Waals surface area (Å²) in [6, 6.07) is 10.7. The summed E-state index contributed by atoms with van der Waals surface area (Å²) in [6.07, 6.45) is 0. The van der Waals surface area contributed by atoms with Gasteiger partial charge in [0, 0.05) is 5.56 Å². The highest BCUT2D eigenvalue weighted by Crippen LogP contribution is 2.33. The molecule has 1 heterocycles. The molecule has 160 valence electrons. The molecule has 0 aliphatic rings. The fourth-order valence-corrected chi connectivity index (χ4v) is 3.04. The van der Waals surface area contributed by atoms with Crippen LogP contribution in [0.3, 0.4) is 0 Å². The molecule has 0 spiro atoms.